The average molecular weight is 322 g/mol. The van der Waals surface area contributed by atoms with Gasteiger partial charge in [0.15, 0.2) is 11.5 Å². The molecule has 1 N–H and O–H groups in total. The highest BCUT2D eigenvalue weighted by Gasteiger charge is 2.10. The minimum atomic E-state index is 0. The van der Waals surface area contributed by atoms with E-state index in [0.717, 1.165) is 29.2 Å². The third-order valence-electron chi connectivity index (χ3n) is 3.23. The monoisotopic (exact) mass is 321 g/mol. The van der Waals surface area contributed by atoms with Crippen molar-refractivity contribution in [1.82, 2.24) is 5.32 Å². The minimum absolute atomic E-state index is 0. The summed E-state index contributed by atoms with van der Waals surface area (Å²) in [5.41, 5.74) is 3.52. The highest BCUT2D eigenvalue weighted by Crippen LogP contribution is 2.32. The molecule has 4 heteroatoms. The molecule has 0 bridgehead atoms. The summed E-state index contributed by atoms with van der Waals surface area (Å²) in [5.74, 6) is 1.63. The largest absolute Gasteiger partial charge is 0.490 e. The summed E-state index contributed by atoms with van der Waals surface area (Å²) in [6.07, 6.45) is 0. The molecule has 0 aliphatic rings. The van der Waals surface area contributed by atoms with Crippen LogP contribution in [0, 0.1) is 6.92 Å². The Kier molecular flexibility index (Phi) is 7.78. The van der Waals surface area contributed by atoms with E-state index in [-0.39, 0.29) is 12.4 Å². The van der Waals surface area contributed by atoms with E-state index < -0.39 is 0 Å². The number of para-hydroxylation sites is 1. The SMILES string of the molecule is CCOc1cccc(CNC)c1OCc1ccc(C)cc1.Cl. The lowest BCUT2D eigenvalue weighted by atomic mass is 10.1. The Bertz CT molecular complexity index is 546. The van der Waals surface area contributed by atoms with Gasteiger partial charge in [-0.05, 0) is 32.5 Å². The molecule has 0 heterocycles. The van der Waals surface area contributed by atoms with Crippen molar-refractivity contribution in [2.45, 2.75) is 27.0 Å². The van der Waals surface area contributed by atoms with Crippen molar-refractivity contribution in [3.8, 4) is 11.5 Å². The molecule has 0 spiro atoms. The summed E-state index contributed by atoms with van der Waals surface area (Å²) in [6.45, 7) is 5.99. The molecule has 3 nitrogen and oxygen atoms in total. The molecule has 0 radical (unpaired) electrons. The summed E-state index contributed by atoms with van der Waals surface area (Å²) in [6, 6.07) is 14.4. The first-order valence-electron chi connectivity index (χ1n) is 7.32. The molecular formula is C18H24ClNO2. The van der Waals surface area contributed by atoms with E-state index in [4.69, 9.17) is 9.47 Å². The van der Waals surface area contributed by atoms with Crippen molar-refractivity contribution in [2.75, 3.05) is 13.7 Å². The second-order valence-electron chi connectivity index (χ2n) is 4.98. The molecular weight excluding hydrogens is 298 g/mol. The highest BCUT2D eigenvalue weighted by molar-refractivity contribution is 5.85. The third-order valence-corrected chi connectivity index (χ3v) is 3.23. The van der Waals surface area contributed by atoms with E-state index in [1.807, 2.05) is 26.1 Å². The van der Waals surface area contributed by atoms with Crippen molar-refractivity contribution in [1.29, 1.82) is 0 Å². The van der Waals surface area contributed by atoms with Gasteiger partial charge >= 0.3 is 0 Å². The number of hydrogen-bond donors (Lipinski definition) is 1. The van der Waals surface area contributed by atoms with Crippen LogP contribution in [-0.2, 0) is 13.2 Å². The molecule has 0 fully saturated rings. The first-order valence-corrected chi connectivity index (χ1v) is 7.32. The van der Waals surface area contributed by atoms with Crippen LogP contribution >= 0.6 is 12.4 Å². The van der Waals surface area contributed by atoms with E-state index in [0.29, 0.717) is 13.2 Å². The quantitative estimate of drug-likeness (QED) is 0.832. The van der Waals surface area contributed by atoms with Gasteiger partial charge in [0.25, 0.3) is 0 Å². The minimum Gasteiger partial charge on any atom is -0.490 e. The van der Waals surface area contributed by atoms with Gasteiger partial charge in [-0.25, -0.2) is 0 Å². The zero-order valence-electron chi connectivity index (χ0n) is 13.4. The molecule has 0 unspecified atom stereocenters. The fourth-order valence-corrected chi connectivity index (χ4v) is 2.16. The van der Waals surface area contributed by atoms with Crippen LogP contribution in [0.2, 0.25) is 0 Å². The molecule has 0 saturated heterocycles. The fraction of sp³-hybridized carbons (Fsp3) is 0.333. The highest BCUT2D eigenvalue weighted by atomic mass is 35.5. The predicted octanol–water partition coefficient (Wildman–Crippen LogP) is 4.11. The molecule has 0 aliphatic carbocycles. The van der Waals surface area contributed by atoms with Crippen molar-refractivity contribution >= 4 is 12.4 Å². The molecule has 2 aromatic rings. The van der Waals surface area contributed by atoms with E-state index in [9.17, 15) is 0 Å². The van der Waals surface area contributed by atoms with Gasteiger partial charge < -0.3 is 14.8 Å². The van der Waals surface area contributed by atoms with Crippen LogP contribution in [0.25, 0.3) is 0 Å². The third kappa shape index (κ3) is 4.93. The number of rotatable bonds is 7. The van der Waals surface area contributed by atoms with E-state index in [1.165, 1.54) is 5.56 Å². The van der Waals surface area contributed by atoms with Gasteiger partial charge in [-0.1, -0.05) is 42.0 Å². The molecule has 0 atom stereocenters. The summed E-state index contributed by atoms with van der Waals surface area (Å²) in [7, 11) is 1.93. The van der Waals surface area contributed by atoms with Gasteiger partial charge in [0.2, 0.25) is 0 Å². The van der Waals surface area contributed by atoms with Gasteiger partial charge in [0.05, 0.1) is 6.61 Å². The standard InChI is InChI=1S/C18H23NO2.ClH/c1-4-20-17-7-5-6-16(12-19-3)18(17)21-13-15-10-8-14(2)9-11-15;/h5-11,19H,4,12-13H2,1-3H3;1H. The van der Waals surface area contributed by atoms with Crippen molar-refractivity contribution in [3.05, 3.63) is 59.2 Å². The van der Waals surface area contributed by atoms with Crippen molar-refractivity contribution in [3.63, 3.8) is 0 Å². The number of halogens is 1. The van der Waals surface area contributed by atoms with Crippen LogP contribution in [0.1, 0.15) is 23.6 Å². The van der Waals surface area contributed by atoms with E-state index >= 15 is 0 Å². The van der Waals surface area contributed by atoms with Crippen molar-refractivity contribution < 1.29 is 9.47 Å². The van der Waals surface area contributed by atoms with Crippen molar-refractivity contribution in [2.24, 2.45) is 0 Å². The zero-order chi connectivity index (χ0) is 15.1. The number of aryl methyl sites for hydroxylation is 1. The van der Waals surface area contributed by atoms with Crippen LogP contribution < -0.4 is 14.8 Å². The Morgan fingerprint density at radius 1 is 1.00 bits per heavy atom. The Morgan fingerprint density at radius 2 is 1.73 bits per heavy atom. The van der Waals surface area contributed by atoms with E-state index in [1.54, 1.807) is 0 Å². The molecule has 2 aromatic carbocycles. The zero-order valence-corrected chi connectivity index (χ0v) is 14.2. The molecule has 0 saturated carbocycles. The van der Waals surface area contributed by atoms with Gasteiger partial charge in [-0.15, -0.1) is 12.4 Å². The molecule has 0 aromatic heterocycles. The molecule has 2 rings (SSSR count). The molecule has 120 valence electrons. The molecule has 0 aliphatic heterocycles. The summed E-state index contributed by atoms with van der Waals surface area (Å²) in [4.78, 5) is 0. The lowest BCUT2D eigenvalue weighted by Gasteiger charge is -2.16. The topological polar surface area (TPSA) is 30.5 Å². The Labute approximate surface area is 139 Å². The average Bonchev–Trinajstić information content (AvgIpc) is 2.49. The predicted molar refractivity (Wildman–Crippen MR) is 93.1 cm³/mol. The fourth-order valence-electron chi connectivity index (χ4n) is 2.16. The Hall–Kier alpha value is -1.71. The summed E-state index contributed by atoms with van der Waals surface area (Å²) < 4.78 is 11.7. The van der Waals surface area contributed by atoms with Crippen LogP contribution in [0.4, 0.5) is 0 Å². The van der Waals surface area contributed by atoms with Gasteiger partial charge in [-0.2, -0.15) is 0 Å². The maximum atomic E-state index is 6.03. The van der Waals surface area contributed by atoms with Crippen LogP contribution in [0.5, 0.6) is 11.5 Å². The number of benzene rings is 2. The first-order chi connectivity index (χ1) is 10.2. The smallest absolute Gasteiger partial charge is 0.166 e. The van der Waals surface area contributed by atoms with Crippen LogP contribution in [0.15, 0.2) is 42.5 Å². The second-order valence-corrected chi connectivity index (χ2v) is 4.98. The maximum absolute atomic E-state index is 6.03. The van der Waals surface area contributed by atoms with Crippen LogP contribution in [-0.4, -0.2) is 13.7 Å². The lowest BCUT2D eigenvalue weighted by molar-refractivity contribution is 0.266. The maximum Gasteiger partial charge on any atom is 0.166 e. The number of hydrogen-bond acceptors (Lipinski definition) is 3. The number of nitrogens with one attached hydrogen (secondary N) is 1. The van der Waals surface area contributed by atoms with Gasteiger partial charge in [-0.3, -0.25) is 0 Å². The normalized spacial score (nSPS) is 9.95. The first kappa shape index (κ1) is 18.3. The van der Waals surface area contributed by atoms with Crippen LogP contribution in [0.3, 0.4) is 0 Å². The van der Waals surface area contributed by atoms with Gasteiger partial charge in [0, 0.05) is 12.1 Å². The Morgan fingerprint density at radius 3 is 2.36 bits per heavy atom. The summed E-state index contributed by atoms with van der Waals surface area (Å²) >= 11 is 0. The lowest BCUT2D eigenvalue weighted by Crippen LogP contribution is -2.09. The van der Waals surface area contributed by atoms with E-state index in [2.05, 4.69) is 42.6 Å². The summed E-state index contributed by atoms with van der Waals surface area (Å²) in [5, 5.41) is 3.16. The van der Waals surface area contributed by atoms with Gasteiger partial charge in [0.1, 0.15) is 6.61 Å². The molecule has 22 heavy (non-hydrogen) atoms. The number of ether oxygens (including phenoxy) is 2. The molecule has 0 amide bonds. The second kappa shape index (κ2) is 9.34. The Balaban J connectivity index is 0.00000242.